The van der Waals surface area contributed by atoms with Gasteiger partial charge in [-0.1, -0.05) is 0 Å². The lowest BCUT2D eigenvalue weighted by atomic mass is 10.1. The third-order valence-electron chi connectivity index (χ3n) is 4.47. The second kappa shape index (κ2) is 6.74. The molecule has 1 aliphatic heterocycles. The molecule has 26 heavy (non-hydrogen) atoms. The highest BCUT2D eigenvalue weighted by atomic mass is 19.4. The molecule has 1 saturated heterocycles. The summed E-state index contributed by atoms with van der Waals surface area (Å²) in [6.45, 7) is -0.725. The Labute approximate surface area is 147 Å². The normalized spacial score (nSPS) is 17.3. The Kier molecular flexibility index (Phi) is 4.63. The van der Waals surface area contributed by atoms with Gasteiger partial charge < -0.3 is 20.1 Å². The largest absolute Gasteiger partial charge is 0.405 e. The lowest BCUT2D eigenvalue weighted by Gasteiger charge is -2.28. The molecule has 3 rings (SSSR count). The minimum atomic E-state index is -4.44. The molecule has 1 aliphatic rings. The lowest BCUT2D eigenvalue weighted by Crippen LogP contribution is -2.44. The number of urea groups is 1. The van der Waals surface area contributed by atoms with Crippen LogP contribution in [0.25, 0.3) is 11.0 Å². The molecular formula is C16H17F3N6O. The van der Waals surface area contributed by atoms with E-state index in [4.69, 9.17) is 0 Å². The Morgan fingerprint density at radius 2 is 2.35 bits per heavy atom. The van der Waals surface area contributed by atoms with Crippen molar-refractivity contribution >= 4 is 22.8 Å². The molecule has 2 aromatic heterocycles. The molecule has 0 spiro atoms. The number of hydrogen-bond donors (Lipinski definition) is 2. The smallest absolute Gasteiger partial charge is 0.368 e. The maximum atomic E-state index is 12.2. The summed E-state index contributed by atoms with van der Waals surface area (Å²) in [6.07, 6.45) is -0.644. The Hall–Kier alpha value is -2.96. The molecule has 10 heteroatoms. The van der Waals surface area contributed by atoms with Gasteiger partial charge in [-0.25, -0.2) is 9.78 Å². The number of anilines is 1. The number of alkyl halides is 3. The van der Waals surface area contributed by atoms with Crippen LogP contribution < -0.4 is 10.2 Å². The Morgan fingerprint density at radius 3 is 3.04 bits per heavy atom. The number of halogens is 3. The van der Waals surface area contributed by atoms with Gasteiger partial charge in [-0.2, -0.15) is 18.4 Å². The number of rotatable bonds is 3. The predicted molar refractivity (Wildman–Crippen MR) is 88.6 cm³/mol. The molecule has 0 bridgehead atoms. The highest BCUT2D eigenvalue weighted by Gasteiger charge is 2.33. The van der Waals surface area contributed by atoms with Gasteiger partial charge in [0.1, 0.15) is 18.3 Å². The van der Waals surface area contributed by atoms with E-state index in [-0.39, 0.29) is 12.6 Å². The molecule has 1 atom stereocenters. The number of fused-ring (bicyclic) bond motifs is 1. The zero-order valence-corrected chi connectivity index (χ0v) is 14.0. The van der Waals surface area contributed by atoms with Crippen LogP contribution in [0, 0.1) is 11.3 Å². The van der Waals surface area contributed by atoms with E-state index in [1.807, 2.05) is 23.3 Å². The van der Waals surface area contributed by atoms with Crippen molar-refractivity contribution in [3.63, 3.8) is 0 Å². The number of carbonyl (C=O) groups is 1. The molecule has 2 N–H and O–H groups in total. The van der Waals surface area contributed by atoms with Crippen molar-refractivity contribution in [2.75, 3.05) is 31.6 Å². The topological polar surface area (TPSA) is 88.1 Å². The van der Waals surface area contributed by atoms with E-state index in [1.165, 1.54) is 11.1 Å². The van der Waals surface area contributed by atoms with Crippen LogP contribution in [0.15, 0.2) is 18.5 Å². The highest BCUT2D eigenvalue weighted by molar-refractivity contribution is 5.93. The monoisotopic (exact) mass is 366 g/mol. The van der Waals surface area contributed by atoms with Crippen molar-refractivity contribution in [1.82, 2.24) is 20.2 Å². The molecule has 138 valence electrons. The van der Waals surface area contributed by atoms with Crippen LogP contribution >= 0.6 is 0 Å². The number of aromatic nitrogens is 2. The zero-order chi connectivity index (χ0) is 18.9. The quantitative estimate of drug-likeness (QED) is 0.872. The third-order valence-corrected chi connectivity index (χ3v) is 4.47. The van der Waals surface area contributed by atoms with Crippen molar-refractivity contribution in [1.29, 1.82) is 5.26 Å². The van der Waals surface area contributed by atoms with Crippen molar-refractivity contribution in [3.8, 4) is 6.07 Å². The number of likely N-dealkylation sites (N-methyl/N-ethyl adjacent to an activating group) is 1. The molecule has 0 aromatic carbocycles. The molecule has 1 unspecified atom stereocenters. The molecule has 0 saturated carbocycles. The number of pyridine rings is 1. The van der Waals surface area contributed by atoms with E-state index >= 15 is 0 Å². The fourth-order valence-corrected chi connectivity index (χ4v) is 3.17. The van der Waals surface area contributed by atoms with Crippen LogP contribution in [0.1, 0.15) is 12.0 Å². The van der Waals surface area contributed by atoms with Gasteiger partial charge >= 0.3 is 12.2 Å². The van der Waals surface area contributed by atoms with E-state index in [0.29, 0.717) is 29.9 Å². The second-order valence-corrected chi connectivity index (χ2v) is 6.15. The molecule has 3 heterocycles. The van der Waals surface area contributed by atoms with Gasteiger partial charge in [-0.15, -0.1) is 0 Å². The zero-order valence-electron chi connectivity index (χ0n) is 14.0. The number of likely N-dealkylation sites (tertiary alicyclic amines) is 1. The molecule has 2 amide bonds. The standard InChI is InChI=1S/C16H17F3N6O/c1-24(13-10(6-20)7-22-14-12(13)2-4-21-14)11-3-5-25(8-11)15(26)23-9-16(17,18)19/h2,4,7,11H,3,5,8-9H2,1H3,(H,21,22)(H,23,26). The van der Waals surface area contributed by atoms with Gasteiger partial charge in [0.15, 0.2) is 0 Å². The summed E-state index contributed by atoms with van der Waals surface area (Å²) in [7, 11) is 1.81. The van der Waals surface area contributed by atoms with Crippen LogP contribution in [-0.2, 0) is 0 Å². The number of nitrogens with zero attached hydrogens (tertiary/aromatic N) is 4. The van der Waals surface area contributed by atoms with Crippen molar-refractivity contribution in [2.24, 2.45) is 0 Å². The molecule has 1 fully saturated rings. The SMILES string of the molecule is CN(c1c(C#N)cnc2[nH]ccc12)C1CCN(C(=O)NCC(F)(F)F)C1. The first-order chi connectivity index (χ1) is 12.3. The van der Waals surface area contributed by atoms with Crippen molar-refractivity contribution in [2.45, 2.75) is 18.6 Å². The number of nitriles is 1. The second-order valence-electron chi connectivity index (χ2n) is 6.15. The van der Waals surface area contributed by atoms with Crippen LogP contribution in [0.4, 0.5) is 23.7 Å². The van der Waals surface area contributed by atoms with E-state index in [9.17, 15) is 23.2 Å². The predicted octanol–water partition coefficient (Wildman–Crippen LogP) is 2.22. The summed E-state index contributed by atoms with van der Waals surface area (Å²) >= 11 is 0. The number of nitrogens with one attached hydrogen (secondary N) is 2. The summed E-state index contributed by atoms with van der Waals surface area (Å²) < 4.78 is 36.7. The van der Waals surface area contributed by atoms with Crippen LogP contribution in [0.5, 0.6) is 0 Å². The number of amides is 2. The van der Waals surface area contributed by atoms with Crippen LogP contribution in [0.3, 0.4) is 0 Å². The van der Waals surface area contributed by atoms with Crippen molar-refractivity contribution in [3.05, 3.63) is 24.0 Å². The van der Waals surface area contributed by atoms with E-state index in [1.54, 1.807) is 6.20 Å². The average molecular weight is 366 g/mol. The lowest BCUT2D eigenvalue weighted by molar-refractivity contribution is -0.123. The number of aromatic amines is 1. The highest BCUT2D eigenvalue weighted by Crippen LogP contribution is 2.31. The Morgan fingerprint density at radius 1 is 1.58 bits per heavy atom. The first-order valence-corrected chi connectivity index (χ1v) is 7.98. The van der Waals surface area contributed by atoms with Gasteiger partial charge in [-0.05, 0) is 12.5 Å². The maximum Gasteiger partial charge on any atom is 0.405 e. The average Bonchev–Trinajstić information content (AvgIpc) is 3.26. The van der Waals surface area contributed by atoms with E-state index in [0.717, 1.165) is 5.39 Å². The molecule has 0 radical (unpaired) electrons. The third kappa shape index (κ3) is 3.51. The molecule has 0 aliphatic carbocycles. The summed E-state index contributed by atoms with van der Waals surface area (Å²) in [5.41, 5.74) is 1.74. The van der Waals surface area contributed by atoms with Crippen LogP contribution in [-0.4, -0.2) is 59.8 Å². The van der Waals surface area contributed by atoms with Gasteiger partial charge in [0.05, 0.1) is 11.3 Å². The molecule has 7 nitrogen and oxygen atoms in total. The summed E-state index contributed by atoms with van der Waals surface area (Å²) in [4.78, 5) is 22.3. The van der Waals surface area contributed by atoms with Gasteiger partial charge in [0, 0.05) is 44.0 Å². The minimum Gasteiger partial charge on any atom is -0.368 e. The number of carbonyl (C=O) groups excluding carboxylic acids is 1. The van der Waals surface area contributed by atoms with Gasteiger partial charge in [0.25, 0.3) is 0 Å². The van der Waals surface area contributed by atoms with Gasteiger partial charge in [-0.3, -0.25) is 0 Å². The van der Waals surface area contributed by atoms with Crippen molar-refractivity contribution < 1.29 is 18.0 Å². The molecular weight excluding hydrogens is 349 g/mol. The molecule has 2 aromatic rings. The number of H-pyrrole nitrogens is 1. The summed E-state index contributed by atoms with van der Waals surface area (Å²) in [5.74, 6) is 0. The Bertz CT molecular complexity index is 856. The maximum absolute atomic E-state index is 12.2. The first kappa shape index (κ1) is 17.8. The fourth-order valence-electron chi connectivity index (χ4n) is 3.17. The minimum absolute atomic E-state index is 0.112. The van der Waals surface area contributed by atoms with Crippen LogP contribution in [0.2, 0.25) is 0 Å². The Balaban J connectivity index is 1.74. The summed E-state index contributed by atoms with van der Waals surface area (Å²) in [6, 6.07) is 3.09. The fraction of sp³-hybridized carbons (Fsp3) is 0.438. The summed E-state index contributed by atoms with van der Waals surface area (Å²) in [5, 5.41) is 12.1. The van der Waals surface area contributed by atoms with E-state index in [2.05, 4.69) is 16.0 Å². The first-order valence-electron chi connectivity index (χ1n) is 7.98. The van der Waals surface area contributed by atoms with E-state index < -0.39 is 18.8 Å². The number of hydrogen-bond acceptors (Lipinski definition) is 4. The van der Waals surface area contributed by atoms with Gasteiger partial charge in [0.2, 0.25) is 0 Å².